The molecule has 1 fully saturated rings. The average molecular weight is 373 g/mol. The maximum absolute atomic E-state index is 5.92. The molecule has 0 bridgehead atoms. The van der Waals surface area contributed by atoms with Gasteiger partial charge in [-0.3, -0.25) is 0 Å². The van der Waals surface area contributed by atoms with Gasteiger partial charge < -0.3 is 10.6 Å². The van der Waals surface area contributed by atoms with E-state index in [0.29, 0.717) is 5.96 Å². The number of allylic oxidation sites excluding steroid dienone is 1. The topological polar surface area (TPSA) is 63.0 Å². The van der Waals surface area contributed by atoms with Gasteiger partial charge in [-0.25, -0.2) is 8.97 Å². The number of fused-ring (bicyclic) bond motifs is 1. The number of rotatable bonds is 4. The summed E-state index contributed by atoms with van der Waals surface area (Å²) in [5, 5.41) is 8.09. The first-order chi connectivity index (χ1) is 13.7. The van der Waals surface area contributed by atoms with Crippen molar-refractivity contribution in [3.05, 3.63) is 66.5 Å². The number of aryl methyl sites for hydroxylation is 1. The Balaban J connectivity index is 1.43. The van der Waals surface area contributed by atoms with Crippen molar-refractivity contribution in [2.45, 2.75) is 12.8 Å². The molecule has 2 N–H and O–H groups in total. The van der Waals surface area contributed by atoms with Crippen LogP contribution in [0.1, 0.15) is 18.4 Å². The Kier molecular flexibility index (Phi) is 5.19. The maximum atomic E-state index is 5.92. The molecular weight excluding hydrogens is 348 g/mol. The van der Waals surface area contributed by atoms with Crippen LogP contribution < -0.4 is 10.1 Å². The highest BCUT2D eigenvalue weighted by Crippen LogP contribution is 2.20. The molecule has 0 saturated carbocycles. The van der Waals surface area contributed by atoms with Crippen molar-refractivity contribution in [2.75, 3.05) is 13.1 Å². The molecule has 28 heavy (non-hydrogen) atoms. The van der Waals surface area contributed by atoms with E-state index in [9.17, 15) is 0 Å². The Bertz CT molecular complexity index is 1040. The summed E-state index contributed by atoms with van der Waals surface area (Å²) in [6.07, 6.45) is 12.1. The van der Waals surface area contributed by atoms with Crippen LogP contribution >= 0.6 is 0 Å². The first kappa shape index (κ1) is 18.0. The Labute approximate surface area is 164 Å². The zero-order chi connectivity index (χ0) is 19.3. The highest BCUT2D eigenvalue weighted by atomic mass is 15.3. The summed E-state index contributed by atoms with van der Waals surface area (Å²) < 4.78 is 4.33. The first-order valence-corrected chi connectivity index (χ1v) is 9.57. The average Bonchev–Trinajstić information content (AvgIpc) is 3.37. The van der Waals surface area contributed by atoms with Crippen LogP contribution in [-0.4, -0.2) is 34.7 Å². The fourth-order valence-electron chi connectivity index (χ4n) is 3.51. The summed E-state index contributed by atoms with van der Waals surface area (Å²) in [5.74, 6) is 0.499. The molecule has 1 aliphatic rings. The van der Waals surface area contributed by atoms with E-state index in [-0.39, 0.29) is 0 Å². The Morgan fingerprint density at radius 3 is 2.64 bits per heavy atom. The SMILES string of the molecule is Cn1c(-c2ccc(/C=C/C=N/N=C(\N)N3CCCC3)cc2)c[n+]2ccccc12. The lowest BCUT2D eigenvalue weighted by Crippen LogP contribution is -2.34. The van der Waals surface area contributed by atoms with Crippen molar-refractivity contribution in [1.82, 2.24) is 9.47 Å². The van der Waals surface area contributed by atoms with E-state index >= 15 is 0 Å². The Morgan fingerprint density at radius 1 is 1.11 bits per heavy atom. The van der Waals surface area contributed by atoms with Crippen molar-refractivity contribution in [3.63, 3.8) is 0 Å². The fourth-order valence-corrected chi connectivity index (χ4v) is 3.51. The number of nitrogens with two attached hydrogens (primary N) is 1. The fraction of sp³-hybridized carbons (Fsp3) is 0.227. The van der Waals surface area contributed by atoms with Crippen LogP contribution in [0, 0.1) is 0 Å². The normalized spacial score (nSPS) is 15.5. The monoisotopic (exact) mass is 373 g/mol. The van der Waals surface area contributed by atoms with Gasteiger partial charge in [0.1, 0.15) is 6.20 Å². The molecule has 3 aromatic rings. The molecule has 0 spiro atoms. The molecule has 0 radical (unpaired) electrons. The third-order valence-electron chi connectivity index (χ3n) is 5.07. The predicted octanol–water partition coefficient (Wildman–Crippen LogP) is 2.84. The van der Waals surface area contributed by atoms with Crippen molar-refractivity contribution in [3.8, 4) is 11.3 Å². The minimum atomic E-state index is 0.499. The van der Waals surface area contributed by atoms with Gasteiger partial charge in [-0.05, 0) is 42.7 Å². The third-order valence-corrected chi connectivity index (χ3v) is 5.07. The van der Waals surface area contributed by atoms with Gasteiger partial charge in [-0.1, -0.05) is 24.3 Å². The standard InChI is InChI=1S/C22H25N6/c1-26-20(17-28-16-3-2-8-21(26)28)19-11-9-18(10-12-19)7-6-13-24-25-22(23)27-14-4-5-15-27/h2-3,6-13,16-17H,4-5,14-15H2,1H3,(H2,23,25)/q+1/b7-6+,24-13+. The molecule has 3 heterocycles. The molecule has 0 atom stereocenters. The molecule has 1 aliphatic heterocycles. The van der Waals surface area contributed by atoms with Crippen LogP contribution in [0.15, 0.2) is 71.1 Å². The summed E-state index contributed by atoms with van der Waals surface area (Å²) >= 11 is 0. The lowest BCUT2D eigenvalue weighted by atomic mass is 10.1. The minimum absolute atomic E-state index is 0.499. The number of aromatic nitrogens is 2. The number of guanidine groups is 1. The summed E-state index contributed by atoms with van der Waals surface area (Å²) in [5.41, 5.74) is 10.5. The van der Waals surface area contributed by atoms with E-state index in [0.717, 1.165) is 24.3 Å². The first-order valence-electron chi connectivity index (χ1n) is 9.57. The molecule has 6 nitrogen and oxygen atoms in total. The predicted molar refractivity (Wildman–Crippen MR) is 114 cm³/mol. The number of likely N-dealkylation sites (tertiary alicyclic amines) is 1. The zero-order valence-electron chi connectivity index (χ0n) is 16.1. The zero-order valence-corrected chi connectivity index (χ0v) is 16.1. The van der Waals surface area contributed by atoms with Gasteiger partial charge in [-0.2, -0.15) is 5.10 Å². The molecule has 0 unspecified atom stereocenters. The van der Waals surface area contributed by atoms with Crippen LogP contribution in [0.3, 0.4) is 0 Å². The Hall–Kier alpha value is -3.41. The highest BCUT2D eigenvalue weighted by Gasteiger charge is 2.15. The van der Waals surface area contributed by atoms with Crippen LogP contribution in [-0.2, 0) is 7.05 Å². The summed E-state index contributed by atoms with van der Waals surface area (Å²) in [6, 6.07) is 14.7. The second-order valence-corrected chi connectivity index (χ2v) is 6.94. The summed E-state index contributed by atoms with van der Waals surface area (Å²) in [7, 11) is 2.09. The van der Waals surface area contributed by atoms with Crippen LogP contribution in [0.25, 0.3) is 23.0 Å². The van der Waals surface area contributed by atoms with Crippen molar-refractivity contribution in [2.24, 2.45) is 23.0 Å². The largest absolute Gasteiger partial charge is 0.368 e. The highest BCUT2D eigenvalue weighted by molar-refractivity contribution is 5.81. The molecule has 6 heteroatoms. The van der Waals surface area contributed by atoms with Crippen LogP contribution in [0.4, 0.5) is 0 Å². The summed E-state index contributed by atoms with van der Waals surface area (Å²) in [4.78, 5) is 2.06. The van der Waals surface area contributed by atoms with Gasteiger partial charge in [0.15, 0.2) is 5.69 Å². The van der Waals surface area contributed by atoms with Crippen molar-refractivity contribution >= 4 is 23.9 Å². The summed E-state index contributed by atoms with van der Waals surface area (Å²) in [6.45, 7) is 1.95. The van der Waals surface area contributed by atoms with E-state index < -0.39 is 0 Å². The second kappa shape index (κ2) is 8.08. The van der Waals surface area contributed by atoms with Crippen LogP contribution in [0.2, 0.25) is 0 Å². The molecular formula is C22H25N6+. The van der Waals surface area contributed by atoms with E-state index in [1.807, 2.05) is 18.2 Å². The van der Waals surface area contributed by atoms with Gasteiger partial charge in [0.25, 0.3) is 5.65 Å². The molecule has 0 aliphatic carbocycles. The number of pyridine rings is 1. The maximum Gasteiger partial charge on any atom is 0.286 e. The lowest BCUT2D eigenvalue weighted by molar-refractivity contribution is -0.510. The van der Waals surface area contributed by atoms with Crippen LogP contribution in [0.5, 0.6) is 0 Å². The number of hydrogen-bond acceptors (Lipinski definition) is 2. The van der Waals surface area contributed by atoms with E-state index in [4.69, 9.17) is 5.73 Å². The molecule has 4 rings (SSSR count). The molecule has 142 valence electrons. The molecule has 0 amide bonds. The van der Waals surface area contributed by atoms with Crippen molar-refractivity contribution < 1.29 is 4.40 Å². The minimum Gasteiger partial charge on any atom is -0.368 e. The smallest absolute Gasteiger partial charge is 0.286 e. The van der Waals surface area contributed by atoms with E-state index in [1.165, 1.54) is 24.1 Å². The van der Waals surface area contributed by atoms with Gasteiger partial charge in [0.05, 0.1) is 13.2 Å². The van der Waals surface area contributed by atoms with Gasteiger partial charge in [0.2, 0.25) is 5.96 Å². The molecule has 1 saturated heterocycles. The molecule has 1 aromatic carbocycles. The van der Waals surface area contributed by atoms with E-state index in [1.54, 1.807) is 6.21 Å². The number of benzene rings is 1. The number of nitrogens with zero attached hydrogens (tertiary/aromatic N) is 5. The van der Waals surface area contributed by atoms with Gasteiger partial charge in [-0.15, -0.1) is 5.10 Å². The third kappa shape index (κ3) is 3.81. The van der Waals surface area contributed by atoms with E-state index in [2.05, 4.69) is 79.9 Å². The van der Waals surface area contributed by atoms with Crippen molar-refractivity contribution in [1.29, 1.82) is 0 Å². The van der Waals surface area contributed by atoms with Gasteiger partial charge in [0, 0.05) is 30.9 Å². The lowest BCUT2D eigenvalue weighted by Gasteiger charge is -2.13. The number of hydrogen-bond donors (Lipinski definition) is 1. The number of imidazole rings is 1. The molecule has 2 aromatic heterocycles. The quantitative estimate of drug-likeness (QED) is 0.331. The van der Waals surface area contributed by atoms with Gasteiger partial charge >= 0.3 is 0 Å². The Morgan fingerprint density at radius 2 is 1.89 bits per heavy atom. The second-order valence-electron chi connectivity index (χ2n) is 6.94.